The van der Waals surface area contributed by atoms with E-state index >= 15 is 0 Å². The number of anilines is 1. The van der Waals surface area contributed by atoms with E-state index in [-0.39, 0.29) is 0 Å². The molecule has 19 heavy (non-hydrogen) atoms. The molecular formula is C15H13ClN2O. The molecule has 0 amide bonds. The lowest BCUT2D eigenvalue weighted by Gasteiger charge is -2.13. The Morgan fingerprint density at radius 1 is 1.21 bits per heavy atom. The van der Waals surface area contributed by atoms with Crippen LogP contribution in [0.4, 0.5) is 5.69 Å². The van der Waals surface area contributed by atoms with E-state index < -0.39 is 0 Å². The number of hydrogen-bond acceptors (Lipinski definition) is 3. The van der Waals surface area contributed by atoms with E-state index in [2.05, 4.69) is 11.4 Å². The van der Waals surface area contributed by atoms with Crippen LogP contribution in [0.1, 0.15) is 11.1 Å². The molecule has 96 valence electrons. The molecule has 0 saturated carbocycles. The fraction of sp³-hybridized carbons (Fsp3) is 0.133. The van der Waals surface area contributed by atoms with Gasteiger partial charge in [0, 0.05) is 11.6 Å². The minimum absolute atomic E-state index is 0.536. The summed E-state index contributed by atoms with van der Waals surface area (Å²) in [6, 6.07) is 15.1. The highest BCUT2D eigenvalue weighted by atomic mass is 35.5. The van der Waals surface area contributed by atoms with Crippen molar-refractivity contribution in [3.63, 3.8) is 0 Å². The zero-order valence-corrected chi connectivity index (χ0v) is 11.2. The smallest absolute Gasteiger partial charge is 0.143 e. The maximum atomic E-state index is 9.12. The Balaban J connectivity index is 2.25. The van der Waals surface area contributed by atoms with Crippen molar-refractivity contribution in [1.29, 1.82) is 5.26 Å². The second kappa shape index (κ2) is 6.12. The standard InChI is InChI=1S/C15H13ClN2O/c1-19-14-8-4-6-11(9-17)15(14)18-10-12-5-2-3-7-13(12)16/h2-8,18H,10H2,1H3. The van der Waals surface area contributed by atoms with Crippen LogP contribution in [-0.2, 0) is 6.54 Å². The summed E-state index contributed by atoms with van der Waals surface area (Å²) in [5.74, 6) is 0.645. The van der Waals surface area contributed by atoms with E-state index in [4.69, 9.17) is 21.6 Å². The SMILES string of the molecule is COc1cccc(C#N)c1NCc1ccccc1Cl. The summed E-state index contributed by atoms with van der Waals surface area (Å²) in [5.41, 5.74) is 2.21. The molecule has 0 heterocycles. The molecule has 2 aromatic carbocycles. The summed E-state index contributed by atoms with van der Waals surface area (Å²) in [4.78, 5) is 0. The molecule has 0 saturated heterocycles. The first-order chi connectivity index (χ1) is 9.26. The lowest BCUT2D eigenvalue weighted by Crippen LogP contribution is -2.03. The topological polar surface area (TPSA) is 45.0 Å². The first-order valence-electron chi connectivity index (χ1n) is 5.80. The third-order valence-corrected chi connectivity index (χ3v) is 3.15. The van der Waals surface area contributed by atoms with E-state index in [0.29, 0.717) is 28.6 Å². The molecular weight excluding hydrogens is 260 g/mol. The average molecular weight is 273 g/mol. The second-order valence-corrected chi connectivity index (χ2v) is 4.35. The molecule has 0 bridgehead atoms. The number of ether oxygens (including phenoxy) is 1. The van der Waals surface area contributed by atoms with Crippen LogP contribution in [0.2, 0.25) is 5.02 Å². The number of nitrogens with one attached hydrogen (secondary N) is 1. The number of nitriles is 1. The quantitative estimate of drug-likeness (QED) is 0.920. The summed E-state index contributed by atoms with van der Waals surface area (Å²) in [6.07, 6.45) is 0. The molecule has 0 radical (unpaired) electrons. The zero-order chi connectivity index (χ0) is 13.7. The molecule has 0 aliphatic heterocycles. The van der Waals surface area contributed by atoms with Gasteiger partial charge in [0.05, 0.1) is 18.4 Å². The van der Waals surface area contributed by atoms with Gasteiger partial charge in [-0.05, 0) is 23.8 Å². The summed E-state index contributed by atoms with van der Waals surface area (Å²) < 4.78 is 5.26. The Bertz CT molecular complexity index is 620. The molecule has 2 aromatic rings. The maximum absolute atomic E-state index is 9.12. The van der Waals surface area contributed by atoms with Gasteiger partial charge in [-0.1, -0.05) is 35.9 Å². The molecule has 0 aliphatic carbocycles. The van der Waals surface area contributed by atoms with Gasteiger partial charge in [0.2, 0.25) is 0 Å². The largest absolute Gasteiger partial charge is 0.495 e. The van der Waals surface area contributed by atoms with E-state index in [1.807, 2.05) is 30.3 Å². The van der Waals surface area contributed by atoms with Crippen molar-refractivity contribution in [2.75, 3.05) is 12.4 Å². The molecule has 2 rings (SSSR count). The first-order valence-corrected chi connectivity index (χ1v) is 6.18. The highest BCUT2D eigenvalue weighted by Crippen LogP contribution is 2.28. The van der Waals surface area contributed by atoms with Crippen molar-refractivity contribution in [1.82, 2.24) is 0 Å². The van der Waals surface area contributed by atoms with E-state index in [9.17, 15) is 0 Å². The van der Waals surface area contributed by atoms with Crippen molar-refractivity contribution in [3.05, 3.63) is 58.6 Å². The van der Waals surface area contributed by atoms with Crippen LogP contribution in [0.15, 0.2) is 42.5 Å². The zero-order valence-electron chi connectivity index (χ0n) is 10.5. The highest BCUT2D eigenvalue weighted by molar-refractivity contribution is 6.31. The summed E-state index contributed by atoms with van der Waals surface area (Å²) in [5, 5.41) is 13.0. The molecule has 0 unspecified atom stereocenters. The molecule has 1 N–H and O–H groups in total. The van der Waals surface area contributed by atoms with Crippen LogP contribution in [0.25, 0.3) is 0 Å². The molecule has 0 spiro atoms. The predicted octanol–water partition coefficient (Wildman–Crippen LogP) is 3.83. The van der Waals surface area contributed by atoms with Crippen LogP contribution >= 0.6 is 11.6 Å². The minimum Gasteiger partial charge on any atom is -0.495 e. The predicted molar refractivity (Wildman–Crippen MR) is 76.5 cm³/mol. The van der Waals surface area contributed by atoms with Gasteiger partial charge < -0.3 is 10.1 Å². The van der Waals surface area contributed by atoms with Gasteiger partial charge in [-0.25, -0.2) is 0 Å². The van der Waals surface area contributed by atoms with Crippen LogP contribution in [0, 0.1) is 11.3 Å². The van der Waals surface area contributed by atoms with Crippen LogP contribution in [0.5, 0.6) is 5.75 Å². The first kappa shape index (κ1) is 13.3. The number of hydrogen-bond donors (Lipinski definition) is 1. The van der Waals surface area contributed by atoms with Gasteiger partial charge in [-0.15, -0.1) is 0 Å². The number of nitrogens with zero attached hydrogens (tertiary/aromatic N) is 1. The highest BCUT2D eigenvalue weighted by Gasteiger charge is 2.09. The van der Waals surface area contributed by atoms with Crippen molar-refractivity contribution in [2.45, 2.75) is 6.54 Å². The van der Waals surface area contributed by atoms with Crippen LogP contribution in [-0.4, -0.2) is 7.11 Å². The number of rotatable bonds is 4. The van der Waals surface area contributed by atoms with Crippen molar-refractivity contribution >= 4 is 17.3 Å². The molecule has 0 fully saturated rings. The number of halogens is 1. The Morgan fingerprint density at radius 2 is 2.00 bits per heavy atom. The van der Waals surface area contributed by atoms with Gasteiger partial charge in [-0.2, -0.15) is 5.26 Å². The Hall–Kier alpha value is -2.18. The summed E-state index contributed by atoms with van der Waals surface area (Å²) in [6.45, 7) is 0.536. The van der Waals surface area contributed by atoms with Crippen molar-refractivity contribution < 1.29 is 4.74 Å². The summed E-state index contributed by atoms with van der Waals surface area (Å²) >= 11 is 6.10. The van der Waals surface area contributed by atoms with Crippen molar-refractivity contribution in [3.8, 4) is 11.8 Å². The molecule has 3 nitrogen and oxygen atoms in total. The van der Waals surface area contributed by atoms with Gasteiger partial charge >= 0.3 is 0 Å². The Kier molecular flexibility index (Phi) is 4.27. The van der Waals surface area contributed by atoms with E-state index in [1.54, 1.807) is 19.2 Å². The third-order valence-electron chi connectivity index (χ3n) is 2.78. The van der Waals surface area contributed by atoms with Crippen molar-refractivity contribution in [2.24, 2.45) is 0 Å². The van der Waals surface area contributed by atoms with Gasteiger partial charge in [0.1, 0.15) is 11.8 Å². The van der Waals surface area contributed by atoms with E-state index in [0.717, 1.165) is 5.56 Å². The molecule has 4 heteroatoms. The lowest BCUT2D eigenvalue weighted by molar-refractivity contribution is 0.416. The molecule has 0 atom stereocenters. The number of benzene rings is 2. The molecule has 0 aromatic heterocycles. The van der Waals surface area contributed by atoms with Crippen LogP contribution < -0.4 is 10.1 Å². The lowest BCUT2D eigenvalue weighted by atomic mass is 10.1. The minimum atomic E-state index is 0.536. The summed E-state index contributed by atoms with van der Waals surface area (Å²) in [7, 11) is 1.58. The number of methoxy groups -OCH3 is 1. The molecule has 0 aliphatic rings. The fourth-order valence-corrected chi connectivity index (χ4v) is 2.00. The third kappa shape index (κ3) is 2.98. The number of para-hydroxylation sites is 1. The normalized spacial score (nSPS) is 9.74. The van der Waals surface area contributed by atoms with Crippen LogP contribution in [0.3, 0.4) is 0 Å². The van der Waals surface area contributed by atoms with Gasteiger partial charge in [-0.3, -0.25) is 0 Å². The maximum Gasteiger partial charge on any atom is 0.143 e. The fourth-order valence-electron chi connectivity index (χ4n) is 1.80. The second-order valence-electron chi connectivity index (χ2n) is 3.94. The van der Waals surface area contributed by atoms with Gasteiger partial charge in [0.25, 0.3) is 0 Å². The van der Waals surface area contributed by atoms with E-state index in [1.165, 1.54) is 0 Å². The average Bonchev–Trinajstić information content (AvgIpc) is 2.46. The Morgan fingerprint density at radius 3 is 2.68 bits per heavy atom. The van der Waals surface area contributed by atoms with Gasteiger partial charge in [0.15, 0.2) is 0 Å². The monoisotopic (exact) mass is 272 g/mol. The Labute approximate surface area is 117 Å².